The van der Waals surface area contributed by atoms with E-state index >= 15 is 0 Å². The summed E-state index contributed by atoms with van der Waals surface area (Å²) < 4.78 is 6.94. The molecule has 1 aromatic heterocycles. The fourth-order valence-electron chi connectivity index (χ4n) is 4.56. The highest BCUT2D eigenvalue weighted by Gasteiger charge is 2.26. The number of amides is 1. The van der Waals surface area contributed by atoms with Gasteiger partial charge in [-0.3, -0.25) is 9.59 Å². The molecule has 6 heteroatoms. The molecule has 184 valence electrons. The van der Waals surface area contributed by atoms with Crippen molar-refractivity contribution in [3.63, 3.8) is 0 Å². The van der Waals surface area contributed by atoms with Gasteiger partial charge in [0.2, 0.25) is 0 Å². The van der Waals surface area contributed by atoms with Crippen molar-refractivity contribution in [1.29, 1.82) is 0 Å². The van der Waals surface area contributed by atoms with Crippen molar-refractivity contribution in [2.24, 2.45) is 7.05 Å². The van der Waals surface area contributed by atoms with E-state index in [1.165, 1.54) is 11.5 Å². The predicted octanol–water partition coefficient (Wildman–Crippen LogP) is 5.85. The van der Waals surface area contributed by atoms with Crippen molar-refractivity contribution in [3.8, 4) is 11.1 Å². The van der Waals surface area contributed by atoms with Crippen LogP contribution < -0.4 is 10.9 Å². The van der Waals surface area contributed by atoms with Gasteiger partial charge in [-0.25, -0.2) is 4.79 Å². The van der Waals surface area contributed by atoms with E-state index in [2.05, 4.69) is 5.32 Å². The molecule has 6 nitrogen and oxygen atoms in total. The fraction of sp³-hybridized carbons (Fsp3) is 0.129. The zero-order valence-corrected chi connectivity index (χ0v) is 20.8. The van der Waals surface area contributed by atoms with Gasteiger partial charge in [-0.05, 0) is 42.3 Å². The normalized spacial score (nSPS) is 11.9. The Morgan fingerprint density at radius 2 is 1.43 bits per heavy atom. The van der Waals surface area contributed by atoms with Crippen LogP contribution in [0.2, 0.25) is 0 Å². The van der Waals surface area contributed by atoms with Crippen LogP contribution in [0.15, 0.2) is 95.8 Å². The van der Waals surface area contributed by atoms with Crippen molar-refractivity contribution in [3.05, 3.63) is 113 Å². The van der Waals surface area contributed by atoms with E-state index in [1.807, 2.05) is 79.7 Å². The highest BCUT2D eigenvalue weighted by molar-refractivity contribution is 6.08. The smallest absolute Gasteiger partial charge is 0.356 e. The van der Waals surface area contributed by atoms with Gasteiger partial charge in [0.05, 0.1) is 0 Å². The molecule has 0 aliphatic rings. The summed E-state index contributed by atoms with van der Waals surface area (Å²) in [6.07, 6.45) is -1.10. The molecule has 37 heavy (non-hydrogen) atoms. The molecule has 0 fully saturated rings. The number of carbonyl (C=O) groups excluding carboxylic acids is 2. The Morgan fingerprint density at radius 3 is 2.16 bits per heavy atom. The summed E-state index contributed by atoms with van der Waals surface area (Å²) in [6.45, 7) is 3.50. The lowest BCUT2D eigenvalue weighted by atomic mass is 9.96. The van der Waals surface area contributed by atoms with Crippen LogP contribution >= 0.6 is 0 Å². The molecule has 0 aliphatic heterocycles. The highest BCUT2D eigenvalue weighted by Crippen LogP contribution is 2.31. The number of fused-ring (bicyclic) bond motifs is 2. The van der Waals surface area contributed by atoms with Crippen LogP contribution in [-0.2, 0) is 16.6 Å². The molecule has 0 spiro atoms. The van der Waals surface area contributed by atoms with E-state index in [0.717, 1.165) is 21.9 Å². The molecule has 1 amide bonds. The number of benzene rings is 4. The zero-order chi connectivity index (χ0) is 26.1. The van der Waals surface area contributed by atoms with Gasteiger partial charge in [0.1, 0.15) is 5.69 Å². The number of esters is 1. The average Bonchev–Trinajstić information content (AvgIpc) is 2.91. The maximum atomic E-state index is 13.5. The molecule has 1 unspecified atom stereocenters. The van der Waals surface area contributed by atoms with E-state index in [1.54, 1.807) is 25.2 Å². The predicted molar refractivity (Wildman–Crippen MR) is 147 cm³/mol. The second-order valence-corrected chi connectivity index (χ2v) is 9.06. The number of carbonyl (C=O) groups is 2. The molecular weight excluding hydrogens is 464 g/mol. The van der Waals surface area contributed by atoms with Crippen LogP contribution in [0.3, 0.4) is 0 Å². The minimum absolute atomic E-state index is 0.0948. The number of aryl methyl sites for hydroxylation is 1. The number of hydrogen-bond acceptors (Lipinski definition) is 4. The largest absolute Gasteiger partial charge is 0.448 e. The van der Waals surface area contributed by atoms with Gasteiger partial charge in [-0.2, -0.15) is 0 Å². The fourth-order valence-corrected chi connectivity index (χ4v) is 4.56. The van der Waals surface area contributed by atoms with E-state index in [4.69, 9.17) is 4.74 Å². The second kappa shape index (κ2) is 9.74. The van der Waals surface area contributed by atoms with Crippen LogP contribution in [0.25, 0.3) is 32.7 Å². The molecule has 5 rings (SSSR count). The van der Waals surface area contributed by atoms with Crippen LogP contribution in [0.5, 0.6) is 0 Å². The van der Waals surface area contributed by atoms with Gasteiger partial charge in [0.15, 0.2) is 6.10 Å². The van der Waals surface area contributed by atoms with Gasteiger partial charge in [-0.15, -0.1) is 0 Å². The van der Waals surface area contributed by atoms with Gasteiger partial charge in [-0.1, -0.05) is 84.4 Å². The van der Waals surface area contributed by atoms with E-state index in [9.17, 15) is 14.4 Å². The third-order valence-electron chi connectivity index (χ3n) is 6.54. The Morgan fingerprint density at radius 1 is 0.811 bits per heavy atom. The summed E-state index contributed by atoms with van der Waals surface area (Å²) in [7, 11) is 1.55. The standard InChI is InChI=1S/C31H26N2O4/c1-19-15-17-22(18-16-19)27-24-12-6-7-13-25(24)30(35)33(3)28(27)31(36)37-20(2)29(34)32-26-14-8-10-21-9-4-5-11-23(21)26/h4-18,20H,1-3H3,(H,32,34). The maximum absolute atomic E-state index is 13.5. The van der Waals surface area contributed by atoms with Crippen LogP contribution in [-0.4, -0.2) is 22.5 Å². The Bertz CT molecular complexity index is 1710. The molecule has 0 aliphatic carbocycles. The lowest BCUT2D eigenvalue weighted by Gasteiger charge is -2.19. The van der Waals surface area contributed by atoms with Crippen molar-refractivity contribution < 1.29 is 14.3 Å². The SMILES string of the molecule is Cc1ccc(-c2c(C(=O)OC(C)C(=O)Nc3cccc4ccccc34)n(C)c(=O)c3ccccc23)cc1. The first kappa shape index (κ1) is 24.0. The summed E-state index contributed by atoms with van der Waals surface area (Å²) >= 11 is 0. The van der Waals surface area contributed by atoms with Crippen LogP contribution in [0.4, 0.5) is 5.69 Å². The molecule has 5 aromatic rings. The molecule has 0 bridgehead atoms. The first-order chi connectivity index (χ1) is 17.8. The number of anilines is 1. The number of nitrogens with one attached hydrogen (secondary N) is 1. The first-order valence-corrected chi connectivity index (χ1v) is 12.0. The Kier molecular flexibility index (Phi) is 6.32. The van der Waals surface area contributed by atoms with Crippen molar-refractivity contribution in [2.75, 3.05) is 5.32 Å². The third-order valence-corrected chi connectivity index (χ3v) is 6.54. The number of aromatic nitrogens is 1. The topological polar surface area (TPSA) is 77.4 Å². The molecule has 0 saturated heterocycles. The van der Waals surface area contributed by atoms with Gasteiger partial charge in [0.25, 0.3) is 11.5 Å². The lowest BCUT2D eigenvalue weighted by Crippen LogP contribution is -2.33. The third kappa shape index (κ3) is 4.49. The average molecular weight is 491 g/mol. The van der Waals surface area contributed by atoms with Gasteiger partial charge >= 0.3 is 5.97 Å². The van der Waals surface area contributed by atoms with Crippen molar-refractivity contribution in [1.82, 2.24) is 4.57 Å². The monoisotopic (exact) mass is 490 g/mol. The minimum atomic E-state index is -1.10. The summed E-state index contributed by atoms with van der Waals surface area (Å²) in [5.74, 6) is -1.21. The Balaban J connectivity index is 1.51. The number of rotatable bonds is 5. The first-order valence-electron chi connectivity index (χ1n) is 12.0. The summed E-state index contributed by atoms with van der Waals surface area (Å²) in [5, 5.41) is 5.88. The molecule has 0 saturated carbocycles. The molecule has 1 atom stereocenters. The quantitative estimate of drug-likeness (QED) is 0.314. The summed E-state index contributed by atoms with van der Waals surface area (Å²) in [6, 6.07) is 28.2. The number of ether oxygens (including phenoxy) is 1. The van der Waals surface area contributed by atoms with Crippen LogP contribution in [0.1, 0.15) is 23.0 Å². The molecule has 1 N–H and O–H groups in total. The van der Waals surface area contributed by atoms with Crippen molar-refractivity contribution >= 4 is 39.1 Å². The van der Waals surface area contributed by atoms with E-state index < -0.39 is 18.0 Å². The van der Waals surface area contributed by atoms with Gasteiger partial charge in [0, 0.05) is 29.1 Å². The lowest BCUT2D eigenvalue weighted by molar-refractivity contribution is -0.123. The highest BCUT2D eigenvalue weighted by atomic mass is 16.5. The van der Waals surface area contributed by atoms with Crippen molar-refractivity contribution in [2.45, 2.75) is 20.0 Å². The van der Waals surface area contributed by atoms with E-state index in [-0.39, 0.29) is 11.3 Å². The summed E-state index contributed by atoms with van der Waals surface area (Å²) in [5.41, 5.74) is 2.84. The Labute approximate surface area is 214 Å². The zero-order valence-electron chi connectivity index (χ0n) is 20.8. The number of nitrogens with zero attached hydrogens (tertiary/aromatic N) is 1. The van der Waals surface area contributed by atoms with Gasteiger partial charge < -0.3 is 14.6 Å². The minimum Gasteiger partial charge on any atom is -0.448 e. The maximum Gasteiger partial charge on any atom is 0.356 e. The van der Waals surface area contributed by atoms with E-state index in [0.29, 0.717) is 22.0 Å². The number of hydrogen-bond donors (Lipinski definition) is 1. The molecule has 4 aromatic carbocycles. The molecule has 1 heterocycles. The molecular formula is C31H26N2O4. The number of pyridine rings is 1. The Hall–Kier alpha value is -4.71. The molecule has 0 radical (unpaired) electrons. The summed E-state index contributed by atoms with van der Waals surface area (Å²) in [4.78, 5) is 39.7. The second-order valence-electron chi connectivity index (χ2n) is 9.06. The van der Waals surface area contributed by atoms with Crippen LogP contribution in [0, 0.1) is 6.92 Å².